The molecule has 1 fully saturated rings. The summed E-state index contributed by atoms with van der Waals surface area (Å²) in [6.45, 7) is 11.2. The van der Waals surface area contributed by atoms with Crippen molar-refractivity contribution in [3.05, 3.63) is 71.3 Å². The van der Waals surface area contributed by atoms with Gasteiger partial charge in [-0.1, -0.05) is 36.4 Å². The average Bonchev–Trinajstić information content (AvgIpc) is 3.27. The number of rotatable bonds is 6. The number of amides is 1. The van der Waals surface area contributed by atoms with Crippen molar-refractivity contribution in [1.29, 1.82) is 0 Å². The van der Waals surface area contributed by atoms with Gasteiger partial charge in [0.1, 0.15) is 35.4 Å². The van der Waals surface area contributed by atoms with Gasteiger partial charge in [0, 0.05) is 12.5 Å². The molecule has 45 heavy (non-hydrogen) atoms. The zero-order valence-electron chi connectivity index (χ0n) is 27.4. The van der Waals surface area contributed by atoms with E-state index in [0.717, 1.165) is 11.3 Å². The molecule has 10 heteroatoms. The van der Waals surface area contributed by atoms with Crippen molar-refractivity contribution >= 4 is 23.8 Å². The highest BCUT2D eigenvalue weighted by Crippen LogP contribution is 2.35. The van der Waals surface area contributed by atoms with Gasteiger partial charge in [-0.25, -0.2) is 9.59 Å². The zero-order valence-corrected chi connectivity index (χ0v) is 27.4. The van der Waals surface area contributed by atoms with Crippen molar-refractivity contribution in [2.75, 3.05) is 19.5 Å². The maximum Gasteiger partial charge on any atom is 0.412 e. The Hall–Kier alpha value is -3.86. The number of carbonyl (C=O) groups excluding carboxylic acids is 2. The van der Waals surface area contributed by atoms with E-state index in [2.05, 4.69) is 5.32 Å². The van der Waals surface area contributed by atoms with Crippen LogP contribution < -0.4 is 14.8 Å². The molecule has 2 aromatic rings. The maximum atomic E-state index is 13.6. The van der Waals surface area contributed by atoms with Gasteiger partial charge < -0.3 is 33.2 Å². The minimum absolute atomic E-state index is 0.187. The number of fused-ring (bicyclic) bond motifs is 2. The number of ether oxygens (including phenoxy) is 7. The molecule has 0 radical (unpaired) electrons. The summed E-state index contributed by atoms with van der Waals surface area (Å²) < 4.78 is 41.2. The summed E-state index contributed by atoms with van der Waals surface area (Å²) in [5, 5.41) is 2.71. The molecule has 0 saturated carbocycles. The normalized spacial score (nSPS) is 24.7. The predicted octanol–water partition coefficient (Wildman–Crippen LogP) is 7.06. The van der Waals surface area contributed by atoms with E-state index in [1.54, 1.807) is 46.1 Å². The van der Waals surface area contributed by atoms with Crippen LogP contribution in [-0.2, 0) is 30.3 Å². The number of esters is 1. The van der Waals surface area contributed by atoms with Crippen LogP contribution in [0, 0.1) is 0 Å². The molecule has 1 saturated heterocycles. The lowest BCUT2D eigenvalue weighted by Crippen LogP contribution is -2.36. The molecule has 0 aliphatic carbocycles. The maximum absolute atomic E-state index is 13.6. The molecule has 2 heterocycles. The van der Waals surface area contributed by atoms with Crippen LogP contribution >= 0.6 is 0 Å². The second-order valence-electron chi connectivity index (χ2n) is 12.5. The summed E-state index contributed by atoms with van der Waals surface area (Å²) in [5.74, 6) is -0.202. The third-order valence-corrected chi connectivity index (χ3v) is 7.13. The van der Waals surface area contributed by atoms with Crippen LogP contribution in [0.1, 0.15) is 75.9 Å². The van der Waals surface area contributed by atoms with Gasteiger partial charge in [0.05, 0.1) is 38.2 Å². The largest absolute Gasteiger partial charge is 0.497 e. The van der Waals surface area contributed by atoms with Gasteiger partial charge in [-0.3, -0.25) is 5.32 Å². The monoisotopic (exact) mass is 623 g/mol. The van der Waals surface area contributed by atoms with Crippen LogP contribution in [0.5, 0.6) is 11.5 Å². The molecule has 2 aromatic carbocycles. The molecule has 10 nitrogen and oxygen atoms in total. The second kappa shape index (κ2) is 14.5. The highest BCUT2D eigenvalue weighted by molar-refractivity contribution is 6.03. The Labute approximate surface area is 265 Å². The SMILES string of the molecule is COc1ccc(COC2/C=C\C[C@H](C)OC(=O)c3c(cc(OC)cc3NC(=O)OC(C)(C)C)/C=C/C[C@@H]3OC(C)(C)O[C@H]23)cc1. The third kappa shape index (κ3) is 9.56. The fourth-order valence-electron chi connectivity index (χ4n) is 5.15. The summed E-state index contributed by atoms with van der Waals surface area (Å²) >= 11 is 0. The zero-order chi connectivity index (χ0) is 32.8. The molecular weight excluding hydrogens is 578 g/mol. The van der Waals surface area contributed by atoms with Crippen LogP contribution in [-0.4, -0.2) is 62.1 Å². The van der Waals surface area contributed by atoms with Crippen LogP contribution in [0.25, 0.3) is 6.08 Å². The third-order valence-electron chi connectivity index (χ3n) is 7.13. The molecule has 1 N–H and O–H groups in total. The number of carbonyl (C=O) groups is 2. The molecule has 1 unspecified atom stereocenters. The minimum Gasteiger partial charge on any atom is -0.497 e. The molecule has 4 atom stereocenters. The summed E-state index contributed by atoms with van der Waals surface area (Å²) in [4.78, 5) is 26.4. The first kappa shape index (κ1) is 34.0. The van der Waals surface area contributed by atoms with Gasteiger partial charge in [-0.15, -0.1) is 0 Å². The van der Waals surface area contributed by atoms with Crippen LogP contribution in [0.2, 0.25) is 0 Å². The number of benzene rings is 2. The summed E-state index contributed by atoms with van der Waals surface area (Å²) in [6, 6.07) is 11.0. The molecule has 244 valence electrons. The lowest BCUT2D eigenvalue weighted by Gasteiger charge is -2.25. The Morgan fingerprint density at radius 2 is 1.71 bits per heavy atom. The van der Waals surface area contributed by atoms with E-state index in [1.165, 1.54) is 7.11 Å². The molecule has 0 spiro atoms. The number of anilines is 1. The predicted molar refractivity (Wildman–Crippen MR) is 171 cm³/mol. The van der Waals surface area contributed by atoms with Crippen molar-refractivity contribution in [2.24, 2.45) is 0 Å². The smallest absolute Gasteiger partial charge is 0.412 e. The van der Waals surface area contributed by atoms with Gasteiger partial charge >= 0.3 is 12.1 Å². The van der Waals surface area contributed by atoms with Crippen LogP contribution in [0.4, 0.5) is 10.5 Å². The van der Waals surface area contributed by atoms with Gasteiger partial charge in [-0.05, 0) is 77.3 Å². The summed E-state index contributed by atoms with van der Waals surface area (Å²) in [5.41, 5.74) is 1.17. The van der Waals surface area contributed by atoms with Crippen molar-refractivity contribution in [1.82, 2.24) is 0 Å². The first-order valence-corrected chi connectivity index (χ1v) is 15.1. The van der Waals surface area contributed by atoms with E-state index < -0.39 is 41.8 Å². The number of hydrogen-bond acceptors (Lipinski definition) is 9. The number of cyclic esters (lactones) is 1. The molecule has 0 bridgehead atoms. The fourth-order valence-corrected chi connectivity index (χ4v) is 5.15. The molecule has 1 amide bonds. The molecule has 2 aliphatic heterocycles. The van der Waals surface area contributed by atoms with Crippen molar-refractivity contribution < 1.29 is 42.7 Å². The quantitative estimate of drug-likeness (QED) is 0.267. The highest BCUT2D eigenvalue weighted by Gasteiger charge is 2.44. The second-order valence-corrected chi connectivity index (χ2v) is 12.5. The first-order valence-electron chi connectivity index (χ1n) is 15.1. The van der Waals surface area contributed by atoms with E-state index in [4.69, 9.17) is 33.2 Å². The Morgan fingerprint density at radius 3 is 2.38 bits per heavy atom. The standard InChI is InChI=1S/C35H45NO9/c1-22-11-9-13-28(41-21-23-15-17-25(39-7)18-16-23)31-29(43-35(5,6)44-31)14-10-12-24-19-26(40-8)20-27(30(24)32(37)42-22)36-33(38)45-34(2,3)4/h9-10,12-13,15-20,22,28-29,31H,11,14,21H2,1-8H3,(H,36,38)/b12-10+,13-9-/t22-,28?,29-,31+/m0/s1. The van der Waals surface area contributed by atoms with E-state index in [9.17, 15) is 9.59 Å². The van der Waals surface area contributed by atoms with Gasteiger partial charge in [0.25, 0.3) is 0 Å². The van der Waals surface area contributed by atoms with Gasteiger partial charge in [-0.2, -0.15) is 0 Å². The minimum atomic E-state index is -0.829. The first-order chi connectivity index (χ1) is 21.3. The summed E-state index contributed by atoms with van der Waals surface area (Å²) in [7, 11) is 3.15. The summed E-state index contributed by atoms with van der Waals surface area (Å²) in [6.07, 6.45) is 6.08. The van der Waals surface area contributed by atoms with Gasteiger partial charge in [0.2, 0.25) is 0 Å². The van der Waals surface area contributed by atoms with Gasteiger partial charge in [0.15, 0.2) is 5.79 Å². The van der Waals surface area contributed by atoms with E-state index in [-0.39, 0.29) is 17.4 Å². The van der Waals surface area contributed by atoms with Crippen molar-refractivity contribution in [3.63, 3.8) is 0 Å². The van der Waals surface area contributed by atoms with E-state index in [0.29, 0.717) is 30.8 Å². The molecule has 4 rings (SSSR count). The van der Waals surface area contributed by atoms with Crippen LogP contribution in [0.3, 0.4) is 0 Å². The van der Waals surface area contributed by atoms with Crippen molar-refractivity contribution in [2.45, 2.75) is 96.8 Å². The topological polar surface area (TPSA) is 111 Å². The van der Waals surface area contributed by atoms with Crippen LogP contribution in [0.15, 0.2) is 54.6 Å². The average molecular weight is 624 g/mol. The lowest BCUT2D eigenvalue weighted by molar-refractivity contribution is -0.156. The lowest BCUT2D eigenvalue weighted by atomic mass is 10.00. The molecule has 2 aliphatic rings. The highest BCUT2D eigenvalue weighted by atomic mass is 16.8. The Morgan fingerprint density at radius 1 is 1.00 bits per heavy atom. The van der Waals surface area contributed by atoms with E-state index in [1.807, 2.05) is 63.3 Å². The Balaban J connectivity index is 1.67. The number of methoxy groups -OCH3 is 2. The number of hydrogen-bond donors (Lipinski definition) is 1. The Kier molecular flexibility index (Phi) is 11.0. The molecule has 0 aromatic heterocycles. The Bertz CT molecular complexity index is 1390. The van der Waals surface area contributed by atoms with E-state index >= 15 is 0 Å². The number of nitrogens with one attached hydrogen (secondary N) is 1. The van der Waals surface area contributed by atoms with Crippen molar-refractivity contribution in [3.8, 4) is 11.5 Å². The molecular formula is C35H45NO9. The fraction of sp³-hybridized carbons (Fsp3) is 0.486.